The Morgan fingerprint density at radius 3 is 2.52 bits per heavy atom. The van der Waals surface area contributed by atoms with E-state index in [1.165, 1.54) is 31.2 Å². The molecule has 21 heavy (non-hydrogen) atoms. The van der Waals surface area contributed by atoms with Gasteiger partial charge in [-0.3, -0.25) is 19.8 Å². The second kappa shape index (κ2) is 5.20. The first-order chi connectivity index (χ1) is 9.90. The number of nitro benzene ring substituents is 1. The molecule has 1 atom stereocenters. The Bertz CT molecular complexity index is 649. The van der Waals surface area contributed by atoms with Gasteiger partial charge in [-0.2, -0.15) is 5.26 Å². The molecule has 108 valence electrons. The van der Waals surface area contributed by atoms with Crippen LogP contribution in [0.25, 0.3) is 0 Å². The topological polar surface area (TPSA) is 116 Å². The highest BCUT2D eigenvalue weighted by atomic mass is 16.6. The van der Waals surface area contributed by atoms with E-state index in [4.69, 9.17) is 5.26 Å². The molecule has 2 rings (SSSR count). The van der Waals surface area contributed by atoms with Crippen LogP contribution in [0.5, 0.6) is 0 Å². The number of urea groups is 1. The van der Waals surface area contributed by atoms with E-state index in [2.05, 4.69) is 5.32 Å². The van der Waals surface area contributed by atoms with Gasteiger partial charge < -0.3 is 5.32 Å². The van der Waals surface area contributed by atoms with Crippen molar-refractivity contribution < 1.29 is 14.5 Å². The number of amides is 3. The summed E-state index contributed by atoms with van der Waals surface area (Å²) in [5.74, 6) is -0.475. The monoisotopic (exact) mass is 288 g/mol. The zero-order valence-electron chi connectivity index (χ0n) is 11.2. The maximum atomic E-state index is 12.4. The molecule has 1 fully saturated rings. The molecule has 1 aliphatic heterocycles. The van der Waals surface area contributed by atoms with Crippen LogP contribution in [0.4, 0.5) is 10.5 Å². The van der Waals surface area contributed by atoms with Gasteiger partial charge in [0.2, 0.25) is 0 Å². The van der Waals surface area contributed by atoms with Crippen LogP contribution in [0, 0.1) is 21.4 Å². The van der Waals surface area contributed by atoms with Gasteiger partial charge in [0.25, 0.3) is 11.6 Å². The SMILES string of the molecule is CC1(c2ccc([N+](=O)[O-])cc2)NC(=O)N(CCC#N)C1=O. The summed E-state index contributed by atoms with van der Waals surface area (Å²) in [5, 5.41) is 21.7. The average molecular weight is 288 g/mol. The Kier molecular flexibility index (Phi) is 3.58. The Balaban J connectivity index is 2.30. The number of nitriles is 1. The summed E-state index contributed by atoms with van der Waals surface area (Å²) in [4.78, 5) is 35.3. The van der Waals surface area contributed by atoms with Gasteiger partial charge in [-0.25, -0.2) is 4.79 Å². The van der Waals surface area contributed by atoms with E-state index in [-0.39, 0.29) is 18.7 Å². The van der Waals surface area contributed by atoms with E-state index in [1.54, 1.807) is 0 Å². The number of carbonyl (C=O) groups excluding carboxylic acids is 2. The third-order valence-corrected chi connectivity index (χ3v) is 3.38. The second-order valence-corrected chi connectivity index (χ2v) is 4.72. The van der Waals surface area contributed by atoms with Crippen molar-refractivity contribution >= 4 is 17.6 Å². The molecule has 1 heterocycles. The number of rotatable bonds is 4. The van der Waals surface area contributed by atoms with Crippen molar-refractivity contribution in [2.24, 2.45) is 0 Å². The second-order valence-electron chi connectivity index (χ2n) is 4.72. The number of benzene rings is 1. The van der Waals surface area contributed by atoms with Crippen LogP contribution in [0.15, 0.2) is 24.3 Å². The van der Waals surface area contributed by atoms with E-state index in [1.807, 2.05) is 6.07 Å². The zero-order valence-corrected chi connectivity index (χ0v) is 11.2. The molecule has 0 saturated carbocycles. The molecule has 8 nitrogen and oxygen atoms in total. The largest absolute Gasteiger partial charge is 0.325 e. The lowest BCUT2D eigenvalue weighted by Crippen LogP contribution is -2.40. The molecule has 0 aromatic heterocycles. The summed E-state index contributed by atoms with van der Waals surface area (Å²) in [7, 11) is 0. The van der Waals surface area contributed by atoms with Crippen molar-refractivity contribution in [2.45, 2.75) is 18.9 Å². The number of carbonyl (C=O) groups is 2. The Labute approximate surface area is 120 Å². The molecule has 0 radical (unpaired) electrons. The van der Waals surface area contributed by atoms with Gasteiger partial charge in [0.1, 0.15) is 5.54 Å². The summed E-state index contributed by atoms with van der Waals surface area (Å²) >= 11 is 0. The molecule has 1 saturated heterocycles. The van der Waals surface area contributed by atoms with Gasteiger partial charge in [-0.1, -0.05) is 0 Å². The van der Waals surface area contributed by atoms with Crippen LogP contribution in [-0.4, -0.2) is 28.3 Å². The maximum Gasteiger partial charge on any atom is 0.325 e. The van der Waals surface area contributed by atoms with E-state index in [9.17, 15) is 19.7 Å². The lowest BCUT2D eigenvalue weighted by molar-refractivity contribution is -0.384. The third-order valence-electron chi connectivity index (χ3n) is 3.38. The first-order valence-corrected chi connectivity index (χ1v) is 6.16. The molecule has 0 bridgehead atoms. The van der Waals surface area contributed by atoms with Crippen LogP contribution in [0.3, 0.4) is 0 Å². The molecule has 1 aromatic rings. The standard InChI is InChI=1S/C13H12N4O4/c1-13(9-3-5-10(6-4-9)17(20)21)11(18)16(8-2-7-14)12(19)15-13/h3-6H,2,8H2,1H3,(H,15,19). The number of hydrogen-bond acceptors (Lipinski definition) is 5. The predicted octanol–water partition coefficient (Wildman–Crippen LogP) is 1.28. The number of non-ortho nitro benzene ring substituents is 1. The summed E-state index contributed by atoms with van der Waals surface area (Å²) in [6.07, 6.45) is 0.0511. The normalized spacial score (nSPS) is 21.0. The van der Waals surface area contributed by atoms with Crippen LogP contribution < -0.4 is 5.32 Å². The van der Waals surface area contributed by atoms with E-state index >= 15 is 0 Å². The summed E-state index contributed by atoms with van der Waals surface area (Å²) < 4.78 is 0. The van der Waals surface area contributed by atoms with Crippen molar-refractivity contribution in [3.63, 3.8) is 0 Å². The highest BCUT2D eigenvalue weighted by Gasteiger charge is 2.48. The van der Waals surface area contributed by atoms with Crippen molar-refractivity contribution in [1.82, 2.24) is 10.2 Å². The molecule has 0 aliphatic carbocycles. The van der Waals surface area contributed by atoms with E-state index < -0.39 is 22.4 Å². The minimum atomic E-state index is -1.28. The lowest BCUT2D eigenvalue weighted by atomic mass is 9.92. The fourth-order valence-electron chi connectivity index (χ4n) is 2.17. The highest BCUT2D eigenvalue weighted by Crippen LogP contribution is 2.29. The molecular weight excluding hydrogens is 276 g/mol. The maximum absolute atomic E-state index is 12.4. The first kappa shape index (κ1) is 14.5. The van der Waals surface area contributed by atoms with Gasteiger partial charge in [0.15, 0.2) is 0 Å². The summed E-state index contributed by atoms with van der Waals surface area (Å²) in [5.41, 5.74) is -0.923. The number of hydrogen-bond donors (Lipinski definition) is 1. The van der Waals surface area contributed by atoms with Crippen LogP contribution in [0.1, 0.15) is 18.9 Å². The molecule has 1 aromatic carbocycles. The Hall–Kier alpha value is -2.95. The number of imide groups is 1. The molecular formula is C13H12N4O4. The average Bonchev–Trinajstić information content (AvgIpc) is 2.68. The fourth-order valence-corrected chi connectivity index (χ4v) is 2.17. The van der Waals surface area contributed by atoms with Crippen LogP contribution in [0.2, 0.25) is 0 Å². The third kappa shape index (κ3) is 2.41. The predicted molar refractivity (Wildman–Crippen MR) is 70.9 cm³/mol. The fraction of sp³-hybridized carbons (Fsp3) is 0.308. The van der Waals surface area contributed by atoms with Crippen molar-refractivity contribution in [1.29, 1.82) is 5.26 Å². The molecule has 1 unspecified atom stereocenters. The van der Waals surface area contributed by atoms with Gasteiger partial charge in [0.05, 0.1) is 17.4 Å². The minimum Gasteiger partial charge on any atom is -0.319 e. The number of nitro groups is 1. The lowest BCUT2D eigenvalue weighted by Gasteiger charge is -2.21. The highest BCUT2D eigenvalue weighted by molar-refractivity contribution is 6.07. The molecule has 3 amide bonds. The summed E-state index contributed by atoms with van der Waals surface area (Å²) in [6.45, 7) is 1.55. The van der Waals surface area contributed by atoms with Gasteiger partial charge in [0, 0.05) is 18.7 Å². The van der Waals surface area contributed by atoms with Crippen molar-refractivity contribution in [3.05, 3.63) is 39.9 Å². The van der Waals surface area contributed by atoms with Crippen LogP contribution >= 0.6 is 0 Å². The molecule has 1 aliphatic rings. The Morgan fingerprint density at radius 1 is 1.38 bits per heavy atom. The van der Waals surface area contributed by atoms with Crippen LogP contribution in [-0.2, 0) is 10.3 Å². The van der Waals surface area contributed by atoms with E-state index in [0.29, 0.717) is 5.56 Å². The molecule has 8 heteroatoms. The molecule has 0 spiro atoms. The van der Waals surface area contributed by atoms with Crippen molar-refractivity contribution in [3.8, 4) is 6.07 Å². The zero-order chi connectivity index (χ0) is 15.6. The first-order valence-electron chi connectivity index (χ1n) is 6.16. The minimum absolute atomic E-state index is 0.0176. The number of nitrogens with zero attached hydrogens (tertiary/aromatic N) is 3. The van der Waals surface area contributed by atoms with Gasteiger partial charge in [-0.15, -0.1) is 0 Å². The molecule has 1 N–H and O–H groups in total. The Morgan fingerprint density at radius 2 is 2.00 bits per heavy atom. The smallest absolute Gasteiger partial charge is 0.319 e. The summed E-state index contributed by atoms with van der Waals surface area (Å²) in [6, 6.07) is 6.72. The quantitative estimate of drug-likeness (QED) is 0.508. The van der Waals surface area contributed by atoms with E-state index in [0.717, 1.165) is 4.90 Å². The number of nitrogens with one attached hydrogen (secondary N) is 1. The van der Waals surface area contributed by atoms with Crippen molar-refractivity contribution in [2.75, 3.05) is 6.54 Å². The van der Waals surface area contributed by atoms with Gasteiger partial charge >= 0.3 is 6.03 Å². The van der Waals surface area contributed by atoms with Gasteiger partial charge in [-0.05, 0) is 24.6 Å².